The summed E-state index contributed by atoms with van der Waals surface area (Å²) in [4.78, 5) is 17.3. The van der Waals surface area contributed by atoms with Crippen molar-refractivity contribution in [2.45, 2.75) is 34.3 Å². The van der Waals surface area contributed by atoms with Gasteiger partial charge in [0.1, 0.15) is 18.1 Å². The summed E-state index contributed by atoms with van der Waals surface area (Å²) >= 11 is 1.34. The number of nitrogens with one attached hydrogen (secondary N) is 1. The van der Waals surface area contributed by atoms with Crippen LogP contribution < -0.4 is 10.1 Å². The number of nitrogens with zero attached hydrogens (tertiary/aromatic N) is 4. The van der Waals surface area contributed by atoms with Gasteiger partial charge in [0.15, 0.2) is 10.8 Å². The van der Waals surface area contributed by atoms with Crippen LogP contribution in [0.15, 0.2) is 34.3 Å². The first-order valence-electron chi connectivity index (χ1n) is 9.74. The SMILES string of the molecule is Cc1ccc(OCc2c(C(=O)Nc3nc(-c4cnn(C)c4C)cs3)noc2C)cc1C. The molecule has 0 fully saturated rings. The molecule has 0 radical (unpaired) electrons. The highest BCUT2D eigenvalue weighted by atomic mass is 32.1. The molecule has 0 aliphatic rings. The fourth-order valence-corrected chi connectivity index (χ4v) is 3.77. The second-order valence-electron chi connectivity index (χ2n) is 7.36. The minimum atomic E-state index is -0.389. The Morgan fingerprint density at radius 1 is 1.23 bits per heavy atom. The van der Waals surface area contributed by atoms with Crippen LogP contribution in [0.3, 0.4) is 0 Å². The zero-order valence-electron chi connectivity index (χ0n) is 18.0. The molecular weight excluding hydrogens is 414 g/mol. The van der Waals surface area contributed by atoms with Crippen molar-refractivity contribution in [1.29, 1.82) is 0 Å². The molecule has 4 aromatic rings. The summed E-state index contributed by atoms with van der Waals surface area (Å²) in [6.07, 6.45) is 1.76. The zero-order chi connectivity index (χ0) is 22.1. The van der Waals surface area contributed by atoms with Gasteiger partial charge in [-0.2, -0.15) is 5.10 Å². The van der Waals surface area contributed by atoms with Gasteiger partial charge < -0.3 is 9.26 Å². The Labute approximate surface area is 183 Å². The Morgan fingerprint density at radius 3 is 2.74 bits per heavy atom. The van der Waals surface area contributed by atoms with Crippen LogP contribution >= 0.6 is 11.3 Å². The molecule has 0 saturated carbocycles. The van der Waals surface area contributed by atoms with Gasteiger partial charge >= 0.3 is 0 Å². The number of hydrogen-bond donors (Lipinski definition) is 1. The Bertz CT molecular complexity index is 1250. The highest BCUT2D eigenvalue weighted by Crippen LogP contribution is 2.28. The number of hydrogen-bond acceptors (Lipinski definition) is 7. The van der Waals surface area contributed by atoms with Crippen LogP contribution in [0.5, 0.6) is 5.75 Å². The first-order chi connectivity index (χ1) is 14.8. The number of carbonyl (C=O) groups excluding carboxylic acids is 1. The van der Waals surface area contributed by atoms with E-state index in [0.717, 1.165) is 28.3 Å². The predicted molar refractivity (Wildman–Crippen MR) is 118 cm³/mol. The van der Waals surface area contributed by atoms with E-state index in [1.165, 1.54) is 16.9 Å². The quantitative estimate of drug-likeness (QED) is 0.474. The summed E-state index contributed by atoms with van der Waals surface area (Å²) in [6.45, 7) is 7.99. The second-order valence-corrected chi connectivity index (χ2v) is 8.22. The van der Waals surface area contributed by atoms with Gasteiger partial charge in [-0.15, -0.1) is 11.3 Å². The molecule has 0 bridgehead atoms. The van der Waals surface area contributed by atoms with Gasteiger partial charge in [-0.25, -0.2) is 4.98 Å². The van der Waals surface area contributed by atoms with Gasteiger partial charge in [-0.1, -0.05) is 11.2 Å². The largest absolute Gasteiger partial charge is 0.489 e. The lowest BCUT2D eigenvalue weighted by Crippen LogP contribution is -2.15. The molecule has 3 heterocycles. The Hall–Kier alpha value is -3.46. The van der Waals surface area contributed by atoms with Gasteiger partial charge in [-0.05, 0) is 51.0 Å². The maximum Gasteiger partial charge on any atom is 0.280 e. The van der Waals surface area contributed by atoms with E-state index in [-0.39, 0.29) is 18.2 Å². The van der Waals surface area contributed by atoms with E-state index in [9.17, 15) is 4.79 Å². The summed E-state index contributed by atoms with van der Waals surface area (Å²) in [6, 6.07) is 5.88. The van der Waals surface area contributed by atoms with E-state index in [1.54, 1.807) is 17.8 Å². The van der Waals surface area contributed by atoms with Gasteiger partial charge in [0, 0.05) is 23.7 Å². The summed E-state index contributed by atoms with van der Waals surface area (Å²) in [7, 11) is 1.88. The van der Waals surface area contributed by atoms with Crippen molar-refractivity contribution >= 4 is 22.4 Å². The minimum Gasteiger partial charge on any atom is -0.489 e. The number of thiazole rings is 1. The number of ether oxygens (including phenoxy) is 1. The van der Waals surface area contributed by atoms with Crippen molar-refractivity contribution in [3.05, 3.63) is 63.6 Å². The van der Waals surface area contributed by atoms with Crippen LogP contribution in [0.2, 0.25) is 0 Å². The number of amides is 1. The van der Waals surface area contributed by atoms with Gasteiger partial charge in [0.25, 0.3) is 5.91 Å². The van der Waals surface area contributed by atoms with Crippen LogP contribution in [0, 0.1) is 27.7 Å². The standard InChI is InChI=1S/C22H23N5O3S/c1-12-6-7-16(8-13(12)2)29-10-18-15(4)30-26-20(18)21(28)25-22-24-19(11-31-22)17-9-23-27(5)14(17)3/h6-9,11H,10H2,1-5H3,(H,24,25,28). The molecular formula is C22H23N5O3S. The summed E-state index contributed by atoms with van der Waals surface area (Å²) in [5.41, 5.74) is 5.82. The monoisotopic (exact) mass is 437 g/mol. The first kappa shape index (κ1) is 20.8. The van der Waals surface area contributed by atoms with E-state index in [2.05, 4.69) is 20.6 Å². The fraction of sp³-hybridized carbons (Fsp3) is 0.273. The molecule has 0 atom stereocenters. The molecule has 160 valence electrons. The van der Waals surface area contributed by atoms with Crippen LogP contribution in [0.1, 0.15) is 38.6 Å². The fourth-order valence-electron chi connectivity index (χ4n) is 3.06. The molecule has 0 aliphatic heterocycles. The summed E-state index contributed by atoms with van der Waals surface area (Å²) < 4.78 is 12.9. The Kier molecular flexibility index (Phi) is 5.60. The predicted octanol–water partition coefficient (Wildman–Crippen LogP) is 4.60. The van der Waals surface area contributed by atoms with Gasteiger partial charge in [0.2, 0.25) is 0 Å². The topological polar surface area (TPSA) is 95.1 Å². The van der Waals surface area contributed by atoms with Crippen molar-refractivity contribution < 1.29 is 14.1 Å². The molecule has 8 nitrogen and oxygen atoms in total. The highest BCUT2D eigenvalue weighted by Gasteiger charge is 2.22. The number of benzene rings is 1. The smallest absolute Gasteiger partial charge is 0.280 e. The molecule has 0 saturated heterocycles. The molecule has 31 heavy (non-hydrogen) atoms. The number of aromatic nitrogens is 4. The molecule has 1 N–H and O–H groups in total. The van der Waals surface area contributed by atoms with E-state index in [0.29, 0.717) is 16.5 Å². The van der Waals surface area contributed by atoms with E-state index in [1.807, 2.05) is 51.4 Å². The lowest BCUT2D eigenvalue weighted by atomic mass is 10.1. The van der Waals surface area contributed by atoms with Crippen LogP contribution in [0.4, 0.5) is 5.13 Å². The molecule has 0 aliphatic carbocycles. The Morgan fingerprint density at radius 2 is 2.03 bits per heavy atom. The number of anilines is 1. The Balaban J connectivity index is 1.48. The second kappa shape index (κ2) is 8.35. The van der Waals surface area contributed by atoms with Crippen molar-refractivity contribution in [2.75, 3.05) is 5.32 Å². The maximum atomic E-state index is 12.8. The number of aryl methyl sites for hydroxylation is 4. The molecule has 1 amide bonds. The van der Waals surface area contributed by atoms with Crippen molar-refractivity contribution in [3.8, 4) is 17.0 Å². The van der Waals surface area contributed by atoms with Crippen LogP contribution in [0.25, 0.3) is 11.3 Å². The van der Waals surface area contributed by atoms with Crippen molar-refractivity contribution in [1.82, 2.24) is 19.9 Å². The average Bonchev–Trinajstić information content (AvgIpc) is 3.43. The number of carbonyl (C=O) groups is 1. The van der Waals surface area contributed by atoms with E-state index in [4.69, 9.17) is 9.26 Å². The molecule has 0 spiro atoms. The molecule has 4 rings (SSSR count). The highest BCUT2D eigenvalue weighted by molar-refractivity contribution is 7.14. The van der Waals surface area contributed by atoms with Gasteiger partial charge in [-0.3, -0.25) is 14.8 Å². The zero-order valence-corrected chi connectivity index (χ0v) is 18.8. The molecule has 9 heteroatoms. The molecule has 0 unspecified atom stereocenters. The van der Waals surface area contributed by atoms with Crippen molar-refractivity contribution in [2.24, 2.45) is 7.05 Å². The number of rotatable bonds is 6. The third-order valence-electron chi connectivity index (χ3n) is 5.30. The van der Waals surface area contributed by atoms with Crippen LogP contribution in [-0.2, 0) is 13.7 Å². The van der Waals surface area contributed by atoms with Crippen molar-refractivity contribution in [3.63, 3.8) is 0 Å². The molecule has 3 aromatic heterocycles. The van der Waals surface area contributed by atoms with Gasteiger partial charge in [0.05, 0.1) is 17.5 Å². The first-order valence-corrected chi connectivity index (χ1v) is 10.6. The molecule has 1 aromatic carbocycles. The van der Waals surface area contributed by atoms with E-state index >= 15 is 0 Å². The summed E-state index contributed by atoms with van der Waals surface area (Å²) in [5, 5.41) is 13.3. The average molecular weight is 438 g/mol. The normalized spacial score (nSPS) is 11.0. The maximum absolute atomic E-state index is 12.8. The lowest BCUT2D eigenvalue weighted by molar-refractivity contribution is 0.101. The van der Waals surface area contributed by atoms with E-state index < -0.39 is 0 Å². The van der Waals surface area contributed by atoms with Crippen LogP contribution in [-0.4, -0.2) is 25.8 Å². The lowest BCUT2D eigenvalue weighted by Gasteiger charge is -2.08. The minimum absolute atomic E-state index is 0.179. The third kappa shape index (κ3) is 4.22. The third-order valence-corrected chi connectivity index (χ3v) is 6.05. The summed E-state index contributed by atoms with van der Waals surface area (Å²) in [5.74, 6) is 0.880.